The van der Waals surface area contributed by atoms with Gasteiger partial charge >= 0.3 is 0 Å². The second kappa shape index (κ2) is 6.18. The molecule has 0 aromatic carbocycles. The Bertz CT molecular complexity index is 119. The first kappa shape index (κ1) is 11.6. The Balaban J connectivity index is 0.000000561. The molecule has 1 saturated carbocycles. The Kier molecular flexibility index (Phi) is 5.99. The van der Waals surface area contributed by atoms with Crippen LogP contribution in [0.2, 0.25) is 0 Å². The van der Waals surface area contributed by atoms with Gasteiger partial charge in [0, 0.05) is 6.42 Å². The lowest BCUT2D eigenvalue weighted by Crippen LogP contribution is -2.14. The number of nitrogens with one attached hydrogen (secondary N) is 1. The van der Waals surface area contributed by atoms with Crippen LogP contribution < -0.4 is 5.32 Å². The van der Waals surface area contributed by atoms with E-state index in [-0.39, 0.29) is 0 Å². The van der Waals surface area contributed by atoms with E-state index in [4.69, 9.17) is 0 Å². The van der Waals surface area contributed by atoms with Crippen LogP contribution in [0.25, 0.3) is 0 Å². The van der Waals surface area contributed by atoms with E-state index < -0.39 is 0 Å². The molecule has 1 aliphatic rings. The number of carbonyl (C=O) groups excluding carboxylic acids is 1. The van der Waals surface area contributed by atoms with E-state index in [9.17, 15) is 4.79 Å². The largest absolute Gasteiger partial charge is 0.320 e. The van der Waals surface area contributed by atoms with Crippen molar-refractivity contribution in [3.8, 4) is 0 Å². The van der Waals surface area contributed by atoms with Crippen molar-refractivity contribution in [2.24, 2.45) is 5.41 Å². The van der Waals surface area contributed by atoms with E-state index in [1.807, 2.05) is 20.9 Å². The van der Waals surface area contributed by atoms with Crippen LogP contribution in [0.5, 0.6) is 0 Å². The molecule has 0 saturated heterocycles. The third-order valence-corrected chi connectivity index (χ3v) is 2.38. The van der Waals surface area contributed by atoms with Gasteiger partial charge in [0.05, 0.1) is 0 Å². The van der Waals surface area contributed by atoms with Crippen molar-refractivity contribution in [1.29, 1.82) is 0 Å². The predicted octanol–water partition coefficient (Wildman–Crippen LogP) is 1.99. The summed E-state index contributed by atoms with van der Waals surface area (Å²) < 4.78 is 0. The van der Waals surface area contributed by atoms with Crippen molar-refractivity contribution in [3.05, 3.63) is 0 Å². The van der Waals surface area contributed by atoms with Gasteiger partial charge in [0.15, 0.2) is 0 Å². The fourth-order valence-electron chi connectivity index (χ4n) is 1.30. The topological polar surface area (TPSA) is 29.1 Å². The summed E-state index contributed by atoms with van der Waals surface area (Å²) in [7, 11) is 1.96. The summed E-state index contributed by atoms with van der Waals surface area (Å²) in [5.41, 5.74) is 0.421. The zero-order valence-electron chi connectivity index (χ0n) is 8.52. The Morgan fingerprint density at radius 2 is 2.00 bits per heavy atom. The van der Waals surface area contributed by atoms with Crippen molar-refractivity contribution in [1.82, 2.24) is 5.32 Å². The quantitative estimate of drug-likeness (QED) is 0.641. The molecule has 0 atom stereocenters. The minimum atomic E-state index is 0.421. The average Bonchev–Trinajstić information content (AvgIpc) is 2.87. The molecule has 12 heavy (non-hydrogen) atoms. The molecule has 1 rings (SSSR count). The van der Waals surface area contributed by atoms with Crippen molar-refractivity contribution >= 4 is 6.29 Å². The first-order chi connectivity index (χ1) is 5.83. The Morgan fingerprint density at radius 3 is 2.33 bits per heavy atom. The summed E-state index contributed by atoms with van der Waals surface area (Å²) in [4.78, 5) is 10.2. The lowest BCUT2D eigenvalue weighted by atomic mass is 9.99. The standard InChI is InChI=1S/C8H15NO.C2H6/c1-9-6-4-8(2-3-8)5-7-10;1-2/h7,9H,2-6H2,1H3;1-2H3. The Morgan fingerprint density at radius 1 is 1.42 bits per heavy atom. The molecule has 72 valence electrons. The molecule has 0 aliphatic heterocycles. The van der Waals surface area contributed by atoms with Gasteiger partial charge in [0.2, 0.25) is 0 Å². The monoisotopic (exact) mass is 171 g/mol. The van der Waals surface area contributed by atoms with Crippen molar-refractivity contribution in [3.63, 3.8) is 0 Å². The van der Waals surface area contributed by atoms with Gasteiger partial charge in [-0.1, -0.05) is 13.8 Å². The van der Waals surface area contributed by atoms with Crippen LogP contribution in [0.1, 0.15) is 39.5 Å². The molecule has 1 aliphatic carbocycles. The maximum Gasteiger partial charge on any atom is 0.120 e. The van der Waals surface area contributed by atoms with E-state index in [0.29, 0.717) is 5.41 Å². The highest BCUT2D eigenvalue weighted by Gasteiger charge is 2.40. The van der Waals surface area contributed by atoms with Crippen LogP contribution in [-0.2, 0) is 4.79 Å². The highest BCUT2D eigenvalue weighted by atomic mass is 16.1. The summed E-state index contributed by atoms with van der Waals surface area (Å²) in [6.45, 7) is 5.05. The van der Waals surface area contributed by atoms with E-state index in [1.165, 1.54) is 19.3 Å². The van der Waals surface area contributed by atoms with Gasteiger partial charge in [-0.3, -0.25) is 0 Å². The normalized spacial score (nSPS) is 17.6. The fraction of sp³-hybridized carbons (Fsp3) is 0.900. The molecule has 0 aromatic rings. The first-order valence-corrected chi connectivity index (χ1v) is 4.91. The third-order valence-electron chi connectivity index (χ3n) is 2.38. The molecule has 0 amide bonds. The molecule has 2 nitrogen and oxygen atoms in total. The van der Waals surface area contributed by atoms with Gasteiger partial charge in [-0.2, -0.15) is 0 Å². The summed E-state index contributed by atoms with van der Waals surface area (Å²) in [6, 6.07) is 0. The van der Waals surface area contributed by atoms with Crippen molar-refractivity contribution in [2.45, 2.75) is 39.5 Å². The lowest BCUT2D eigenvalue weighted by molar-refractivity contribution is -0.108. The van der Waals surface area contributed by atoms with Crippen LogP contribution >= 0.6 is 0 Å². The van der Waals surface area contributed by atoms with E-state index in [2.05, 4.69) is 5.32 Å². The number of rotatable bonds is 5. The highest BCUT2D eigenvalue weighted by molar-refractivity contribution is 5.51. The highest BCUT2D eigenvalue weighted by Crippen LogP contribution is 2.50. The minimum Gasteiger partial charge on any atom is -0.320 e. The molecule has 1 fully saturated rings. The molecule has 0 bridgehead atoms. The Hall–Kier alpha value is -0.370. The van der Waals surface area contributed by atoms with Crippen LogP contribution in [0.4, 0.5) is 0 Å². The SMILES string of the molecule is CC.CNCCC1(CC=O)CC1. The lowest BCUT2D eigenvalue weighted by Gasteiger charge is -2.09. The molecule has 0 aromatic heterocycles. The second-order valence-electron chi connectivity index (χ2n) is 3.22. The smallest absolute Gasteiger partial charge is 0.120 e. The van der Waals surface area contributed by atoms with Crippen LogP contribution in [0.15, 0.2) is 0 Å². The molecule has 0 unspecified atom stereocenters. The average molecular weight is 171 g/mol. The van der Waals surface area contributed by atoms with Gasteiger partial charge in [0.1, 0.15) is 6.29 Å². The number of hydrogen-bond acceptors (Lipinski definition) is 2. The van der Waals surface area contributed by atoms with E-state index in [0.717, 1.165) is 19.3 Å². The van der Waals surface area contributed by atoms with Crippen molar-refractivity contribution < 1.29 is 4.79 Å². The van der Waals surface area contributed by atoms with Gasteiger partial charge in [-0.05, 0) is 38.3 Å². The van der Waals surface area contributed by atoms with Gasteiger partial charge < -0.3 is 10.1 Å². The maximum absolute atomic E-state index is 10.2. The van der Waals surface area contributed by atoms with Gasteiger partial charge in [-0.25, -0.2) is 0 Å². The second-order valence-corrected chi connectivity index (χ2v) is 3.22. The number of hydrogen-bond donors (Lipinski definition) is 1. The predicted molar refractivity (Wildman–Crippen MR) is 52.2 cm³/mol. The van der Waals surface area contributed by atoms with Gasteiger partial charge in [-0.15, -0.1) is 0 Å². The number of aldehydes is 1. The maximum atomic E-state index is 10.2. The molecular weight excluding hydrogens is 150 g/mol. The molecule has 0 spiro atoms. The van der Waals surface area contributed by atoms with E-state index in [1.54, 1.807) is 0 Å². The van der Waals surface area contributed by atoms with Crippen LogP contribution in [0, 0.1) is 5.41 Å². The zero-order chi connectivity index (χ0) is 9.45. The minimum absolute atomic E-state index is 0.421. The molecule has 2 heteroatoms. The molecule has 1 N–H and O–H groups in total. The summed E-state index contributed by atoms with van der Waals surface area (Å²) in [5, 5.41) is 3.11. The van der Waals surface area contributed by atoms with E-state index >= 15 is 0 Å². The number of carbonyl (C=O) groups is 1. The zero-order valence-corrected chi connectivity index (χ0v) is 8.52. The summed E-state index contributed by atoms with van der Waals surface area (Å²) >= 11 is 0. The molecule has 0 radical (unpaired) electrons. The van der Waals surface area contributed by atoms with Crippen LogP contribution in [-0.4, -0.2) is 19.9 Å². The fourth-order valence-corrected chi connectivity index (χ4v) is 1.30. The molecular formula is C10H21NO. The van der Waals surface area contributed by atoms with Crippen LogP contribution in [0.3, 0.4) is 0 Å². The third kappa shape index (κ3) is 3.86. The van der Waals surface area contributed by atoms with Gasteiger partial charge in [0.25, 0.3) is 0 Å². The van der Waals surface area contributed by atoms with Crippen molar-refractivity contribution in [2.75, 3.05) is 13.6 Å². The Labute approximate surface area is 75.7 Å². The summed E-state index contributed by atoms with van der Waals surface area (Å²) in [5.74, 6) is 0. The first-order valence-electron chi connectivity index (χ1n) is 4.91. The molecule has 0 heterocycles. The summed E-state index contributed by atoms with van der Waals surface area (Å²) in [6.07, 6.45) is 5.51.